The Morgan fingerprint density at radius 1 is 1.21 bits per heavy atom. The van der Waals surface area contributed by atoms with Crippen LogP contribution in [0.5, 0.6) is 0 Å². The van der Waals surface area contributed by atoms with Crippen LogP contribution in [0.25, 0.3) is 0 Å². The van der Waals surface area contributed by atoms with E-state index in [4.69, 9.17) is 0 Å². The fourth-order valence-corrected chi connectivity index (χ4v) is 3.39. The third-order valence-electron chi connectivity index (χ3n) is 4.96. The molecule has 0 aromatic carbocycles. The lowest BCUT2D eigenvalue weighted by Gasteiger charge is -2.21. The molecule has 2 N–H and O–H groups in total. The monoisotopic (exact) mass is 382 g/mol. The number of carbonyl (C=O) groups is 1. The van der Waals surface area contributed by atoms with Crippen LogP contribution in [0.2, 0.25) is 0 Å². The van der Waals surface area contributed by atoms with E-state index in [-0.39, 0.29) is 6.03 Å². The molecule has 1 aliphatic rings. The van der Waals surface area contributed by atoms with Gasteiger partial charge in [-0.05, 0) is 50.5 Å². The van der Waals surface area contributed by atoms with Crippen molar-refractivity contribution in [3.63, 3.8) is 0 Å². The molecule has 1 aliphatic heterocycles. The van der Waals surface area contributed by atoms with Gasteiger partial charge in [-0.2, -0.15) is 0 Å². The minimum atomic E-state index is -0.0130. The fraction of sp³-hybridized carbons (Fsp3) is 0.476. The summed E-state index contributed by atoms with van der Waals surface area (Å²) in [4.78, 5) is 25.3. The maximum absolute atomic E-state index is 12.5. The van der Waals surface area contributed by atoms with Crippen molar-refractivity contribution in [1.29, 1.82) is 0 Å². The van der Waals surface area contributed by atoms with Crippen LogP contribution in [-0.2, 0) is 6.54 Å². The van der Waals surface area contributed by atoms with Crippen molar-refractivity contribution in [3.8, 4) is 0 Å². The molecular formula is C21H30N6O. The number of likely N-dealkylation sites (tertiary alicyclic amines) is 1. The lowest BCUT2D eigenvalue weighted by Crippen LogP contribution is -2.40. The van der Waals surface area contributed by atoms with Crippen LogP contribution in [0.4, 0.5) is 16.3 Å². The van der Waals surface area contributed by atoms with Crippen LogP contribution < -0.4 is 15.5 Å². The van der Waals surface area contributed by atoms with Gasteiger partial charge in [0.2, 0.25) is 0 Å². The van der Waals surface area contributed by atoms with Crippen LogP contribution >= 0.6 is 0 Å². The Balaban J connectivity index is 1.47. The van der Waals surface area contributed by atoms with Crippen LogP contribution in [0.1, 0.15) is 30.7 Å². The summed E-state index contributed by atoms with van der Waals surface area (Å²) in [6, 6.07) is 10.3. The highest BCUT2D eigenvalue weighted by Gasteiger charge is 2.20. The summed E-state index contributed by atoms with van der Waals surface area (Å²) in [6.45, 7) is 3.94. The number of hydrogen-bond acceptors (Lipinski definition) is 5. The number of carbonyl (C=O) groups excluding carboxylic acids is 1. The van der Waals surface area contributed by atoms with Gasteiger partial charge in [0.05, 0.1) is 24.1 Å². The number of anilines is 2. The molecule has 0 aliphatic carbocycles. The molecule has 3 heterocycles. The molecule has 2 aromatic heterocycles. The highest BCUT2D eigenvalue weighted by molar-refractivity contribution is 5.74. The maximum Gasteiger partial charge on any atom is 0.317 e. The van der Waals surface area contributed by atoms with E-state index in [9.17, 15) is 4.79 Å². The third kappa shape index (κ3) is 5.58. The van der Waals surface area contributed by atoms with Crippen molar-refractivity contribution in [2.75, 3.05) is 37.4 Å². The molecule has 1 atom stereocenters. The Bertz CT molecular complexity index is 777. The molecule has 150 valence electrons. The summed E-state index contributed by atoms with van der Waals surface area (Å²) in [5.74, 6) is 0.942. The number of amides is 2. The summed E-state index contributed by atoms with van der Waals surface area (Å²) in [7, 11) is 3.96. The molecule has 0 spiro atoms. The molecule has 0 radical (unpaired) electrons. The molecule has 2 amide bonds. The number of nitrogens with zero attached hydrogens (tertiary/aromatic N) is 4. The number of hydrogen-bond donors (Lipinski definition) is 2. The van der Waals surface area contributed by atoms with Crippen LogP contribution in [0.3, 0.4) is 0 Å². The van der Waals surface area contributed by atoms with E-state index in [1.807, 2.05) is 61.3 Å². The topological polar surface area (TPSA) is 73.4 Å². The van der Waals surface area contributed by atoms with Crippen molar-refractivity contribution < 1.29 is 4.79 Å². The standard InChI is InChI=1S/C21H30N6O/c1-16-6-4-7-18(24-16)15-23-21(28)27-12-5-8-17(11-13-27)25-19-9-10-20(22-14-19)26(2)3/h4,6-7,9-10,14,17,25H,5,8,11-13,15H2,1-3H3,(H,23,28). The number of rotatable bonds is 5. The molecule has 28 heavy (non-hydrogen) atoms. The van der Waals surface area contributed by atoms with Crippen molar-refractivity contribution >= 4 is 17.5 Å². The van der Waals surface area contributed by atoms with E-state index in [1.54, 1.807) is 0 Å². The number of aromatic nitrogens is 2. The van der Waals surface area contributed by atoms with Gasteiger partial charge in [-0.3, -0.25) is 4.98 Å². The van der Waals surface area contributed by atoms with Gasteiger partial charge < -0.3 is 20.4 Å². The molecule has 1 unspecified atom stereocenters. The van der Waals surface area contributed by atoms with E-state index in [1.165, 1.54) is 0 Å². The zero-order valence-corrected chi connectivity index (χ0v) is 17.0. The number of urea groups is 1. The average molecular weight is 383 g/mol. The lowest BCUT2D eigenvalue weighted by atomic mass is 10.1. The van der Waals surface area contributed by atoms with Gasteiger partial charge in [-0.15, -0.1) is 0 Å². The largest absolute Gasteiger partial charge is 0.381 e. The Kier molecular flexibility index (Phi) is 6.68. The van der Waals surface area contributed by atoms with Crippen LogP contribution in [-0.4, -0.2) is 54.1 Å². The first kappa shape index (κ1) is 19.9. The summed E-state index contributed by atoms with van der Waals surface area (Å²) in [5.41, 5.74) is 2.87. The Labute approximate surface area is 167 Å². The van der Waals surface area contributed by atoms with Crippen molar-refractivity contribution in [2.45, 2.75) is 38.8 Å². The average Bonchev–Trinajstić information content (AvgIpc) is 2.92. The summed E-state index contributed by atoms with van der Waals surface area (Å²) >= 11 is 0. The van der Waals surface area contributed by atoms with Gasteiger partial charge in [-0.1, -0.05) is 6.07 Å². The van der Waals surface area contributed by atoms with Crippen LogP contribution in [0, 0.1) is 6.92 Å². The number of nitrogens with one attached hydrogen (secondary N) is 2. The predicted molar refractivity (Wildman–Crippen MR) is 113 cm³/mol. The number of pyridine rings is 2. The van der Waals surface area contributed by atoms with Crippen molar-refractivity contribution in [3.05, 3.63) is 47.9 Å². The second-order valence-electron chi connectivity index (χ2n) is 7.49. The molecular weight excluding hydrogens is 352 g/mol. The minimum absolute atomic E-state index is 0.0130. The normalized spacial score (nSPS) is 17.0. The second kappa shape index (κ2) is 9.39. The molecule has 0 saturated carbocycles. The van der Waals surface area contributed by atoms with Crippen molar-refractivity contribution in [1.82, 2.24) is 20.2 Å². The molecule has 2 aromatic rings. The maximum atomic E-state index is 12.5. The van der Waals surface area contributed by atoms with Gasteiger partial charge in [0, 0.05) is 38.9 Å². The number of aryl methyl sites for hydroxylation is 1. The lowest BCUT2D eigenvalue weighted by molar-refractivity contribution is 0.199. The summed E-state index contributed by atoms with van der Waals surface area (Å²) in [6.07, 6.45) is 4.82. The Hall–Kier alpha value is -2.83. The van der Waals surface area contributed by atoms with Crippen molar-refractivity contribution in [2.24, 2.45) is 0 Å². The molecule has 7 nitrogen and oxygen atoms in total. The van der Waals surface area contributed by atoms with Gasteiger partial charge in [0.1, 0.15) is 5.82 Å². The van der Waals surface area contributed by atoms with Gasteiger partial charge >= 0.3 is 6.03 Å². The van der Waals surface area contributed by atoms with Gasteiger partial charge in [0.15, 0.2) is 0 Å². The van der Waals surface area contributed by atoms with E-state index in [0.717, 1.165) is 55.2 Å². The smallest absolute Gasteiger partial charge is 0.317 e. The Morgan fingerprint density at radius 2 is 2.07 bits per heavy atom. The van der Waals surface area contributed by atoms with Crippen LogP contribution in [0.15, 0.2) is 36.5 Å². The third-order valence-corrected chi connectivity index (χ3v) is 4.96. The quantitative estimate of drug-likeness (QED) is 0.832. The zero-order valence-electron chi connectivity index (χ0n) is 17.0. The highest BCUT2D eigenvalue weighted by atomic mass is 16.2. The van der Waals surface area contributed by atoms with Gasteiger partial charge in [-0.25, -0.2) is 9.78 Å². The molecule has 0 bridgehead atoms. The van der Waals surface area contributed by atoms with E-state index in [0.29, 0.717) is 12.6 Å². The highest BCUT2D eigenvalue weighted by Crippen LogP contribution is 2.18. The van der Waals surface area contributed by atoms with Gasteiger partial charge in [0.25, 0.3) is 0 Å². The molecule has 1 saturated heterocycles. The molecule has 7 heteroatoms. The summed E-state index contributed by atoms with van der Waals surface area (Å²) in [5, 5.41) is 6.56. The predicted octanol–water partition coefficient (Wildman–Crippen LogP) is 3.03. The minimum Gasteiger partial charge on any atom is -0.381 e. The van der Waals surface area contributed by atoms with E-state index in [2.05, 4.69) is 26.7 Å². The fourth-order valence-electron chi connectivity index (χ4n) is 3.39. The van der Waals surface area contributed by atoms with E-state index < -0.39 is 0 Å². The molecule has 3 rings (SSSR count). The zero-order chi connectivity index (χ0) is 19.9. The van der Waals surface area contributed by atoms with E-state index >= 15 is 0 Å². The first-order valence-corrected chi connectivity index (χ1v) is 9.86. The first-order chi connectivity index (χ1) is 13.5. The SMILES string of the molecule is Cc1cccc(CNC(=O)N2CCCC(Nc3ccc(N(C)C)nc3)CC2)n1. The Morgan fingerprint density at radius 3 is 2.79 bits per heavy atom. The first-order valence-electron chi connectivity index (χ1n) is 9.86. The molecule has 1 fully saturated rings. The second-order valence-corrected chi connectivity index (χ2v) is 7.49. The summed E-state index contributed by atoms with van der Waals surface area (Å²) < 4.78 is 0.